The molecular formula is C13H12FNO4. The number of halogens is 1. The van der Waals surface area contributed by atoms with Gasteiger partial charge in [0.2, 0.25) is 5.89 Å². The predicted molar refractivity (Wildman–Crippen MR) is 63.7 cm³/mol. The third-order valence-electron chi connectivity index (χ3n) is 2.60. The van der Waals surface area contributed by atoms with Gasteiger partial charge in [0, 0.05) is 0 Å². The number of aryl methyl sites for hydroxylation is 2. The van der Waals surface area contributed by atoms with Crippen LogP contribution in [0, 0.1) is 19.7 Å². The van der Waals surface area contributed by atoms with Crippen molar-refractivity contribution in [3.8, 4) is 5.75 Å². The molecule has 0 atom stereocenters. The highest BCUT2D eigenvalue weighted by Gasteiger charge is 2.14. The molecule has 0 amide bonds. The lowest BCUT2D eigenvalue weighted by Gasteiger charge is -2.07. The van der Waals surface area contributed by atoms with Gasteiger partial charge in [-0.3, -0.25) is 0 Å². The molecule has 0 aliphatic carbocycles. The number of aromatic nitrogens is 1. The van der Waals surface area contributed by atoms with Gasteiger partial charge in [0.15, 0.2) is 6.61 Å². The van der Waals surface area contributed by atoms with Gasteiger partial charge in [-0.15, -0.1) is 0 Å². The quantitative estimate of drug-likeness (QED) is 0.920. The summed E-state index contributed by atoms with van der Waals surface area (Å²) in [5, 5.41) is 8.95. The van der Waals surface area contributed by atoms with E-state index in [1.165, 1.54) is 6.07 Å². The predicted octanol–water partition coefficient (Wildman–Crippen LogP) is 2.71. The molecule has 5 nitrogen and oxygen atoms in total. The second-order valence-corrected chi connectivity index (χ2v) is 3.98. The Kier molecular flexibility index (Phi) is 3.50. The molecule has 19 heavy (non-hydrogen) atoms. The molecule has 0 radical (unpaired) electrons. The topological polar surface area (TPSA) is 72.6 Å². The number of rotatable bonds is 4. The average Bonchev–Trinajstić information content (AvgIpc) is 2.67. The van der Waals surface area contributed by atoms with Gasteiger partial charge in [0.05, 0.1) is 5.69 Å². The molecule has 0 aliphatic heterocycles. The van der Waals surface area contributed by atoms with E-state index in [9.17, 15) is 9.18 Å². The summed E-state index contributed by atoms with van der Waals surface area (Å²) < 4.78 is 23.6. The Morgan fingerprint density at radius 3 is 2.79 bits per heavy atom. The van der Waals surface area contributed by atoms with E-state index < -0.39 is 11.8 Å². The van der Waals surface area contributed by atoms with Crippen molar-refractivity contribution in [2.24, 2.45) is 0 Å². The minimum atomic E-state index is -1.26. The summed E-state index contributed by atoms with van der Waals surface area (Å²) in [6.45, 7) is 3.55. The van der Waals surface area contributed by atoms with Crippen molar-refractivity contribution >= 4 is 5.97 Å². The summed E-state index contributed by atoms with van der Waals surface area (Å²) in [5.74, 6) is -0.795. The van der Waals surface area contributed by atoms with Crippen LogP contribution < -0.4 is 4.74 Å². The Morgan fingerprint density at radius 1 is 1.47 bits per heavy atom. The smallest absolute Gasteiger partial charge is 0.339 e. The van der Waals surface area contributed by atoms with Crippen LogP contribution in [0.5, 0.6) is 5.75 Å². The number of aromatic carboxylic acids is 1. The van der Waals surface area contributed by atoms with Gasteiger partial charge in [-0.25, -0.2) is 14.2 Å². The normalized spacial score (nSPS) is 10.5. The number of ether oxygens (including phenoxy) is 1. The molecule has 0 bridgehead atoms. The van der Waals surface area contributed by atoms with Crippen LogP contribution in [0.1, 0.15) is 27.7 Å². The minimum absolute atomic E-state index is 0.0133. The molecule has 2 aromatic rings. The van der Waals surface area contributed by atoms with Crippen molar-refractivity contribution in [3.63, 3.8) is 0 Å². The highest BCUT2D eigenvalue weighted by Crippen LogP contribution is 2.21. The van der Waals surface area contributed by atoms with Crippen LogP contribution in [-0.2, 0) is 6.61 Å². The molecule has 0 spiro atoms. The summed E-state index contributed by atoms with van der Waals surface area (Å²) in [6.07, 6.45) is 0. The fourth-order valence-corrected chi connectivity index (χ4v) is 1.54. The number of hydrogen-bond donors (Lipinski definition) is 1. The molecule has 1 aromatic heterocycles. The number of carboxylic acids is 1. The molecule has 100 valence electrons. The molecule has 2 rings (SSSR count). The van der Waals surface area contributed by atoms with Crippen LogP contribution >= 0.6 is 0 Å². The third kappa shape index (κ3) is 2.90. The maximum atomic E-state index is 13.0. The first-order valence-corrected chi connectivity index (χ1v) is 5.56. The Labute approximate surface area is 108 Å². The van der Waals surface area contributed by atoms with Crippen LogP contribution in [0.25, 0.3) is 0 Å². The third-order valence-corrected chi connectivity index (χ3v) is 2.60. The number of nitrogens with zero attached hydrogens (tertiary/aromatic N) is 1. The SMILES string of the molecule is Cc1nc(COc2ccc(F)cc2C(=O)O)oc1C. The lowest BCUT2D eigenvalue weighted by Crippen LogP contribution is -2.04. The Morgan fingerprint density at radius 2 is 2.21 bits per heavy atom. The van der Waals surface area contributed by atoms with Crippen molar-refractivity contribution in [1.82, 2.24) is 4.98 Å². The van der Waals surface area contributed by atoms with E-state index in [-0.39, 0.29) is 17.9 Å². The van der Waals surface area contributed by atoms with Crippen molar-refractivity contribution in [2.45, 2.75) is 20.5 Å². The zero-order valence-corrected chi connectivity index (χ0v) is 10.4. The fourth-order valence-electron chi connectivity index (χ4n) is 1.54. The van der Waals surface area contributed by atoms with Crippen molar-refractivity contribution in [1.29, 1.82) is 0 Å². The van der Waals surface area contributed by atoms with E-state index in [2.05, 4.69) is 4.98 Å². The zero-order chi connectivity index (χ0) is 14.0. The zero-order valence-electron chi connectivity index (χ0n) is 10.4. The molecule has 1 aromatic carbocycles. The first-order chi connectivity index (χ1) is 8.97. The van der Waals surface area contributed by atoms with Gasteiger partial charge in [0.25, 0.3) is 0 Å². The monoisotopic (exact) mass is 265 g/mol. The average molecular weight is 265 g/mol. The molecule has 0 unspecified atom stereocenters. The Bertz CT molecular complexity index is 602. The molecular weight excluding hydrogens is 253 g/mol. The summed E-state index contributed by atoms with van der Waals surface area (Å²) in [5.41, 5.74) is 0.510. The standard InChI is InChI=1S/C13H12FNO4/c1-7-8(2)19-12(15-7)6-18-11-4-3-9(14)5-10(11)13(16)17/h3-5H,6H2,1-2H3,(H,16,17). The van der Waals surface area contributed by atoms with Gasteiger partial charge in [-0.1, -0.05) is 0 Å². The van der Waals surface area contributed by atoms with Crippen molar-refractivity contribution in [2.75, 3.05) is 0 Å². The van der Waals surface area contributed by atoms with Gasteiger partial charge >= 0.3 is 5.97 Å². The number of carbonyl (C=O) groups is 1. The maximum Gasteiger partial charge on any atom is 0.339 e. The highest BCUT2D eigenvalue weighted by atomic mass is 19.1. The van der Waals surface area contributed by atoms with Crippen LogP contribution in [-0.4, -0.2) is 16.1 Å². The van der Waals surface area contributed by atoms with Crippen molar-refractivity contribution in [3.05, 3.63) is 46.9 Å². The Hall–Kier alpha value is -2.37. The van der Waals surface area contributed by atoms with E-state index in [0.717, 1.165) is 17.8 Å². The van der Waals surface area contributed by atoms with E-state index >= 15 is 0 Å². The van der Waals surface area contributed by atoms with Crippen molar-refractivity contribution < 1.29 is 23.4 Å². The summed E-state index contributed by atoms with van der Waals surface area (Å²) in [7, 11) is 0. The van der Waals surface area contributed by atoms with E-state index in [4.69, 9.17) is 14.3 Å². The van der Waals surface area contributed by atoms with E-state index in [0.29, 0.717) is 11.7 Å². The molecule has 0 aliphatic rings. The number of hydrogen-bond acceptors (Lipinski definition) is 4. The first-order valence-electron chi connectivity index (χ1n) is 5.56. The molecule has 1 N–H and O–H groups in total. The lowest BCUT2D eigenvalue weighted by molar-refractivity contribution is 0.0690. The second kappa shape index (κ2) is 5.09. The summed E-state index contributed by atoms with van der Waals surface area (Å²) in [4.78, 5) is 15.1. The van der Waals surface area contributed by atoms with Crippen LogP contribution in [0.4, 0.5) is 4.39 Å². The first kappa shape index (κ1) is 13.1. The number of carboxylic acid groups (broad SMARTS) is 1. The second-order valence-electron chi connectivity index (χ2n) is 3.98. The molecule has 6 heteroatoms. The molecule has 0 fully saturated rings. The van der Waals surface area contributed by atoms with Crippen LogP contribution in [0.2, 0.25) is 0 Å². The summed E-state index contributed by atoms with van der Waals surface area (Å²) in [6, 6.07) is 3.30. The lowest BCUT2D eigenvalue weighted by atomic mass is 10.2. The fraction of sp³-hybridized carbons (Fsp3) is 0.231. The minimum Gasteiger partial charge on any atom is -0.483 e. The highest BCUT2D eigenvalue weighted by molar-refractivity contribution is 5.90. The van der Waals surface area contributed by atoms with Crippen LogP contribution in [0.15, 0.2) is 22.6 Å². The molecule has 0 saturated carbocycles. The maximum absolute atomic E-state index is 13.0. The van der Waals surface area contributed by atoms with Gasteiger partial charge in [0.1, 0.15) is 22.9 Å². The number of benzene rings is 1. The molecule has 0 saturated heterocycles. The number of oxazole rings is 1. The van der Waals surface area contributed by atoms with Gasteiger partial charge in [-0.05, 0) is 32.0 Å². The van der Waals surface area contributed by atoms with E-state index in [1.54, 1.807) is 13.8 Å². The Balaban J connectivity index is 2.17. The van der Waals surface area contributed by atoms with Crippen LogP contribution in [0.3, 0.4) is 0 Å². The largest absolute Gasteiger partial charge is 0.483 e. The summed E-state index contributed by atoms with van der Waals surface area (Å²) >= 11 is 0. The van der Waals surface area contributed by atoms with Gasteiger partial charge < -0.3 is 14.3 Å². The van der Waals surface area contributed by atoms with Gasteiger partial charge in [-0.2, -0.15) is 0 Å². The molecule has 1 heterocycles. The van der Waals surface area contributed by atoms with E-state index in [1.807, 2.05) is 0 Å².